The van der Waals surface area contributed by atoms with E-state index >= 15 is 0 Å². The van der Waals surface area contributed by atoms with Crippen LogP contribution in [-0.2, 0) is 9.31 Å². The predicted molar refractivity (Wildman–Crippen MR) is 81.9 cm³/mol. The molecular formula is C13H20BBrN2O2. The molecular weight excluding hydrogens is 307 g/mol. The summed E-state index contributed by atoms with van der Waals surface area (Å²) in [7, 11) is 1.47. The highest BCUT2D eigenvalue weighted by Gasteiger charge is 2.52. The van der Waals surface area contributed by atoms with Gasteiger partial charge in [0, 0.05) is 18.2 Å². The zero-order valence-corrected chi connectivity index (χ0v) is 13.9. The third-order valence-corrected chi connectivity index (χ3v) is 4.55. The summed E-state index contributed by atoms with van der Waals surface area (Å²) in [5, 5.41) is 3.05. The van der Waals surface area contributed by atoms with E-state index in [2.05, 4.69) is 26.2 Å². The zero-order chi connectivity index (χ0) is 14.4. The lowest BCUT2D eigenvalue weighted by Gasteiger charge is -2.32. The van der Waals surface area contributed by atoms with Crippen molar-refractivity contribution in [1.29, 1.82) is 0 Å². The maximum Gasteiger partial charge on any atom is 0.496 e. The lowest BCUT2D eigenvalue weighted by Crippen LogP contribution is -2.41. The first-order chi connectivity index (χ1) is 8.68. The van der Waals surface area contributed by atoms with Gasteiger partial charge in [-0.05, 0) is 56.6 Å². The van der Waals surface area contributed by atoms with Crippen LogP contribution in [0.15, 0.2) is 10.5 Å². The highest BCUT2D eigenvalue weighted by Crippen LogP contribution is 2.37. The summed E-state index contributed by atoms with van der Waals surface area (Å²) in [6.45, 7) is 10.2. The van der Waals surface area contributed by atoms with Gasteiger partial charge in [0.15, 0.2) is 0 Å². The zero-order valence-electron chi connectivity index (χ0n) is 12.3. The Kier molecular flexibility index (Phi) is 3.71. The Morgan fingerprint density at radius 2 is 1.74 bits per heavy atom. The molecule has 2 rings (SSSR count). The van der Waals surface area contributed by atoms with E-state index < -0.39 is 0 Å². The molecule has 4 nitrogen and oxygen atoms in total. The van der Waals surface area contributed by atoms with Gasteiger partial charge in [-0.25, -0.2) is 4.98 Å². The molecule has 0 unspecified atom stereocenters. The Morgan fingerprint density at radius 1 is 1.21 bits per heavy atom. The number of hydrogen-bond acceptors (Lipinski definition) is 4. The number of aromatic nitrogens is 1. The minimum Gasteiger partial charge on any atom is -0.399 e. The SMILES string of the molecule is CNc1nc(C)c(B2OC(C)(C)C(C)(C)O2)cc1Br. The van der Waals surface area contributed by atoms with E-state index in [-0.39, 0.29) is 18.3 Å². The second kappa shape index (κ2) is 4.75. The van der Waals surface area contributed by atoms with Gasteiger partial charge in [-0.15, -0.1) is 0 Å². The lowest BCUT2D eigenvalue weighted by molar-refractivity contribution is 0.00578. The molecule has 1 aliphatic rings. The molecule has 1 N–H and O–H groups in total. The third-order valence-electron chi connectivity index (χ3n) is 3.95. The molecule has 1 saturated heterocycles. The number of pyridine rings is 1. The van der Waals surface area contributed by atoms with Gasteiger partial charge in [0.25, 0.3) is 0 Å². The van der Waals surface area contributed by atoms with Crippen LogP contribution in [0.4, 0.5) is 5.82 Å². The van der Waals surface area contributed by atoms with E-state index in [1.165, 1.54) is 0 Å². The highest BCUT2D eigenvalue weighted by molar-refractivity contribution is 9.10. The van der Waals surface area contributed by atoms with E-state index in [1.54, 1.807) is 0 Å². The van der Waals surface area contributed by atoms with Crippen LogP contribution in [-0.4, -0.2) is 30.4 Å². The first kappa shape index (κ1) is 14.8. The van der Waals surface area contributed by atoms with Crippen molar-refractivity contribution in [2.24, 2.45) is 0 Å². The van der Waals surface area contributed by atoms with Crippen LogP contribution in [0.1, 0.15) is 33.4 Å². The number of halogens is 1. The average molecular weight is 327 g/mol. The molecule has 0 amide bonds. The molecule has 0 aliphatic carbocycles. The Labute approximate surface area is 123 Å². The number of rotatable bonds is 2. The monoisotopic (exact) mass is 326 g/mol. The topological polar surface area (TPSA) is 43.4 Å². The summed E-state index contributed by atoms with van der Waals surface area (Å²) in [6, 6.07) is 2.01. The smallest absolute Gasteiger partial charge is 0.399 e. The van der Waals surface area contributed by atoms with Crippen LogP contribution in [0.3, 0.4) is 0 Å². The van der Waals surface area contributed by atoms with Crippen LogP contribution >= 0.6 is 15.9 Å². The van der Waals surface area contributed by atoms with Crippen LogP contribution in [0.25, 0.3) is 0 Å². The van der Waals surface area contributed by atoms with Crippen LogP contribution < -0.4 is 10.8 Å². The van der Waals surface area contributed by atoms with E-state index in [0.29, 0.717) is 0 Å². The lowest BCUT2D eigenvalue weighted by atomic mass is 9.78. The van der Waals surface area contributed by atoms with Gasteiger partial charge in [0.1, 0.15) is 5.82 Å². The minimum absolute atomic E-state index is 0.335. The summed E-state index contributed by atoms with van der Waals surface area (Å²) in [6.07, 6.45) is 0. The molecule has 1 aromatic rings. The van der Waals surface area contributed by atoms with Crippen LogP contribution in [0.5, 0.6) is 0 Å². The molecule has 2 heterocycles. The summed E-state index contributed by atoms with van der Waals surface area (Å²) in [5.74, 6) is 0.817. The van der Waals surface area contributed by atoms with Gasteiger partial charge >= 0.3 is 7.12 Å². The molecule has 0 aromatic carbocycles. The summed E-state index contributed by atoms with van der Waals surface area (Å²) >= 11 is 3.51. The molecule has 0 saturated carbocycles. The quantitative estimate of drug-likeness (QED) is 0.848. The highest BCUT2D eigenvalue weighted by atomic mass is 79.9. The molecule has 0 bridgehead atoms. The fourth-order valence-corrected chi connectivity index (χ4v) is 2.51. The summed E-state index contributed by atoms with van der Waals surface area (Å²) in [4.78, 5) is 4.51. The van der Waals surface area contributed by atoms with Crippen molar-refractivity contribution in [3.05, 3.63) is 16.2 Å². The molecule has 1 fully saturated rings. The van der Waals surface area contributed by atoms with Crippen LogP contribution in [0.2, 0.25) is 0 Å². The summed E-state index contributed by atoms with van der Waals surface area (Å²) in [5.41, 5.74) is 1.20. The van der Waals surface area contributed by atoms with Crippen molar-refractivity contribution in [2.45, 2.75) is 45.8 Å². The summed E-state index contributed by atoms with van der Waals surface area (Å²) < 4.78 is 13.0. The van der Waals surface area contributed by atoms with Crippen molar-refractivity contribution in [3.63, 3.8) is 0 Å². The molecule has 0 atom stereocenters. The molecule has 0 spiro atoms. The number of hydrogen-bond donors (Lipinski definition) is 1. The average Bonchev–Trinajstić information content (AvgIpc) is 2.50. The van der Waals surface area contributed by atoms with Gasteiger partial charge in [-0.3, -0.25) is 0 Å². The van der Waals surface area contributed by atoms with Crippen molar-refractivity contribution in [3.8, 4) is 0 Å². The maximum atomic E-state index is 6.06. The van der Waals surface area contributed by atoms with Crippen molar-refractivity contribution in [1.82, 2.24) is 4.98 Å². The Hall–Kier alpha value is -0.585. The molecule has 0 radical (unpaired) electrons. The van der Waals surface area contributed by atoms with Gasteiger partial charge < -0.3 is 14.6 Å². The van der Waals surface area contributed by atoms with E-state index in [1.807, 2.05) is 47.7 Å². The first-order valence-electron chi connectivity index (χ1n) is 6.38. The fraction of sp³-hybridized carbons (Fsp3) is 0.615. The normalized spacial score (nSPS) is 20.7. The predicted octanol–water partition coefficient (Wildman–Crippen LogP) is 2.49. The molecule has 6 heteroatoms. The second-order valence-electron chi connectivity index (χ2n) is 5.83. The van der Waals surface area contributed by atoms with Gasteiger partial charge in [0.2, 0.25) is 0 Å². The van der Waals surface area contributed by atoms with Gasteiger partial charge in [0.05, 0.1) is 15.7 Å². The van der Waals surface area contributed by atoms with Gasteiger partial charge in [-0.2, -0.15) is 0 Å². The van der Waals surface area contributed by atoms with Gasteiger partial charge in [-0.1, -0.05) is 0 Å². The number of anilines is 1. The Balaban J connectivity index is 2.37. The van der Waals surface area contributed by atoms with E-state index in [4.69, 9.17) is 9.31 Å². The fourth-order valence-electron chi connectivity index (χ4n) is 1.98. The number of aryl methyl sites for hydroxylation is 1. The number of nitrogens with one attached hydrogen (secondary N) is 1. The van der Waals surface area contributed by atoms with Crippen molar-refractivity contribution in [2.75, 3.05) is 12.4 Å². The standard InChI is InChI=1S/C13H20BBrN2O2/c1-8-9(7-10(15)11(16-6)17-8)14-18-12(2,3)13(4,5)19-14/h7H,1-6H3,(H,16,17). The Morgan fingerprint density at radius 3 is 2.21 bits per heavy atom. The maximum absolute atomic E-state index is 6.06. The van der Waals surface area contributed by atoms with E-state index in [9.17, 15) is 0 Å². The molecule has 19 heavy (non-hydrogen) atoms. The first-order valence-corrected chi connectivity index (χ1v) is 7.17. The molecule has 1 aromatic heterocycles. The Bertz CT molecular complexity index is 490. The molecule has 1 aliphatic heterocycles. The van der Waals surface area contributed by atoms with Crippen LogP contribution in [0, 0.1) is 6.92 Å². The third kappa shape index (κ3) is 2.53. The van der Waals surface area contributed by atoms with Crippen molar-refractivity contribution < 1.29 is 9.31 Å². The molecule has 104 valence electrons. The minimum atomic E-state index is -0.375. The largest absolute Gasteiger partial charge is 0.496 e. The second-order valence-corrected chi connectivity index (χ2v) is 6.69. The van der Waals surface area contributed by atoms with E-state index in [0.717, 1.165) is 21.4 Å². The number of nitrogens with zero attached hydrogens (tertiary/aromatic N) is 1. The van der Waals surface area contributed by atoms with Crippen molar-refractivity contribution >= 4 is 34.3 Å².